The normalized spacial score (nSPS) is 34.8. The number of rotatable bonds is 1. The topological polar surface area (TPSA) is 49.3 Å². The zero-order chi connectivity index (χ0) is 6.85. The molecular formula is C5H9NO2Se. The van der Waals surface area contributed by atoms with Crippen LogP contribution in [0.2, 0.25) is 4.82 Å². The van der Waals surface area contributed by atoms with E-state index in [1.54, 1.807) is 0 Å². The van der Waals surface area contributed by atoms with Crippen LogP contribution in [-0.4, -0.2) is 39.7 Å². The van der Waals surface area contributed by atoms with Crippen molar-refractivity contribution in [1.82, 2.24) is 5.32 Å². The number of aliphatic carboxylic acids is 1. The Balaban J connectivity index is 2.49. The minimum atomic E-state index is -0.738. The predicted octanol–water partition coefficient (Wildman–Crippen LogP) is -0.878. The Hall–Kier alpha value is -0.0505. The zero-order valence-corrected chi connectivity index (χ0v) is 6.75. The van der Waals surface area contributed by atoms with Gasteiger partial charge in [-0.15, -0.1) is 0 Å². The quantitative estimate of drug-likeness (QED) is 0.533. The molecule has 9 heavy (non-hydrogen) atoms. The van der Waals surface area contributed by atoms with Crippen molar-refractivity contribution in [2.75, 3.05) is 6.54 Å². The van der Waals surface area contributed by atoms with E-state index in [2.05, 4.69) is 21.3 Å². The third-order valence-electron chi connectivity index (χ3n) is 1.46. The third kappa shape index (κ3) is 1.45. The van der Waals surface area contributed by atoms with Crippen molar-refractivity contribution >= 4 is 22.0 Å². The molecule has 1 fully saturated rings. The van der Waals surface area contributed by atoms with Crippen LogP contribution in [0.25, 0.3) is 0 Å². The molecule has 2 atom stereocenters. The summed E-state index contributed by atoms with van der Waals surface area (Å²) in [5, 5.41) is 11.4. The van der Waals surface area contributed by atoms with Crippen LogP contribution in [0.5, 0.6) is 0 Å². The molecule has 0 aliphatic carbocycles. The standard InChI is InChI=1S/C5H9NO2Se/c7-5(8)4-3(9)1-2-6-4/h3-4,6,9H,1-2H2,(H,7,8)/t3?,4-/m0/s1. The van der Waals surface area contributed by atoms with Gasteiger partial charge in [-0.3, -0.25) is 0 Å². The summed E-state index contributed by atoms with van der Waals surface area (Å²) in [6.45, 7) is 0.830. The van der Waals surface area contributed by atoms with E-state index in [0.29, 0.717) is 0 Å². The molecule has 1 aliphatic heterocycles. The molecule has 4 heteroatoms. The van der Waals surface area contributed by atoms with Crippen LogP contribution in [0.1, 0.15) is 6.42 Å². The molecule has 0 amide bonds. The Morgan fingerprint density at radius 2 is 2.44 bits per heavy atom. The fraction of sp³-hybridized carbons (Fsp3) is 0.800. The summed E-state index contributed by atoms with van der Waals surface area (Å²) in [7, 11) is 0. The van der Waals surface area contributed by atoms with Gasteiger partial charge in [-0.2, -0.15) is 0 Å². The molecule has 0 aromatic carbocycles. The molecule has 1 unspecified atom stereocenters. The van der Waals surface area contributed by atoms with Gasteiger partial charge in [0.05, 0.1) is 0 Å². The first-order chi connectivity index (χ1) is 4.22. The Kier molecular flexibility index (Phi) is 2.11. The summed E-state index contributed by atoms with van der Waals surface area (Å²) in [4.78, 5) is 10.6. The van der Waals surface area contributed by atoms with Gasteiger partial charge in [-0.1, -0.05) is 0 Å². The van der Waals surface area contributed by atoms with Crippen LogP contribution in [0.3, 0.4) is 0 Å². The molecule has 0 bridgehead atoms. The second-order valence-corrected chi connectivity index (χ2v) is 3.52. The zero-order valence-electron chi connectivity index (χ0n) is 4.87. The molecule has 0 aromatic heterocycles. The first-order valence-electron chi connectivity index (χ1n) is 2.86. The van der Waals surface area contributed by atoms with Gasteiger partial charge in [-0.05, 0) is 0 Å². The van der Waals surface area contributed by atoms with Crippen LogP contribution in [0.4, 0.5) is 0 Å². The van der Waals surface area contributed by atoms with Gasteiger partial charge < -0.3 is 0 Å². The van der Waals surface area contributed by atoms with Gasteiger partial charge in [0.25, 0.3) is 0 Å². The molecule has 1 aliphatic rings. The average Bonchev–Trinajstić information content (AvgIpc) is 2.13. The van der Waals surface area contributed by atoms with E-state index in [1.807, 2.05) is 0 Å². The van der Waals surface area contributed by atoms with E-state index in [9.17, 15) is 4.79 Å². The second kappa shape index (κ2) is 2.69. The summed E-state index contributed by atoms with van der Waals surface area (Å²) in [6, 6.07) is -0.329. The van der Waals surface area contributed by atoms with Crippen LogP contribution in [0.15, 0.2) is 0 Å². The fourth-order valence-corrected chi connectivity index (χ4v) is 1.70. The fourth-order valence-electron chi connectivity index (χ4n) is 0.941. The molecule has 1 saturated heterocycles. The first-order valence-corrected chi connectivity index (χ1v) is 3.94. The van der Waals surface area contributed by atoms with Crippen molar-refractivity contribution in [2.24, 2.45) is 0 Å². The Morgan fingerprint density at radius 3 is 2.67 bits per heavy atom. The van der Waals surface area contributed by atoms with Gasteiger partial charge in [0.1, 0.15) is 0 Å². The minimum absolute atomic E-state index is 0.231. The van der Waals surface area contributed by atoms with Crippen LogP contribution < -0.4 is 5.32 Å². The van der Waals surface area contributed by atoms with Crippen molar-refractivity contribution in [3.8, 4) is 0 Å². The van der Waals surface area contributed by atoms with Crippen LogP contribution in [-0.2, 0) is 4.79 Å². The van der Waals surface area contributed by atoms with E-state index in [1.165, 1.54) is 0 Å². The van der Waals surface area contributed by atoms with Gasteiger partial charge in [0.15, 0.2) is 0 Å². The van der Waals surface area contributed by atoms with E-state index in [0.717, 1.165) is 13.0 Å². The molecule has 3 nitrogen and oxygen atoms in total. The summed E-state index contributed by atoms with van der Waals surface area (Å²) in [5.41, 5.74) is 0. The number of carbonyl (C=O) groups is 1. The molecule has 0 spiro atoms. The summed E-state index contributed by atoms with van der Waals surface area (Å²) >= 11 is 2.39. The monoisotopic (exact) mass is 195 g/mol. The van der Waals surface area contributed by atoms with E-state index >= 15 is 0 Å². The summed E-state index contributed by atoms with van der Waals surface area (Å²) < 4.78 is 0. The predicted molar refractivity (Wildman–Crippen MR) is 34.9 cm³/mol. The first kappa shape index (κ1) is 7.06. The van der Waals surface area contributed by atoms with E-state index in [-0.39, 0.29) is 10.9 Å². The van der Waals surface area contributed by atoms with Crippen molar-refractivity contribution < 1.29 is 9.90 Å². The number of nitrogens with one attached hydrogen (secondary N) is 1. The number of carboxylic acids is 1. The summed E-state index contributed by atoms with van der Waals surface area (Å²) in [5.74, 6) is -0.738. The number of hydrogen-bond acceptors (Lipinski definition) is 2. The number of hydrogen-bond donors (Lipinski definition) is 2. The Morgan fingerprint density at radius 1 is 1.78 bits per heavy atom. The SMILES string of the molecule is O=C(O)[C@H]1NCCC1[SeH]. The van der Waals surface area contributed by atoms with Crippen molar-refractivity contribution in [2.45, 2.75) is 17.3 Å². The van der Waals surface area contributed by atoms with Gasteiger partial charge in [-0.25, -0.2) is 0 Å². The second-order valence-electron chi connectivity index (χ2n) is 2.13. The Labute approximate surface area is 61.6 Å². The molecule has 0 radical (unpaired) electrons. The van der Waals surface area contributed by atoms with Gasteiger partial charge in [0, 0.05) is 0 Å². The van der Waals surface area contributed by atoms with E-state index in [4.69, 9.17) is 5.11 Å². The molecule has 0 saturated carbocycles. The molecule has 2 N–H and O–H groups in total. The molecule has 1 heterocycles. The molecule has 0 aromatic rings. The van der Waals surface area contributed by atoms with Crippen molar-refractivity contribution in [3.63, 3.8) is 0 Å². The third-order valence-corrected chi connectivity index (χ3v) is 2.62. The maximum atomic E-state index is 10.3. The van der Waals surface area contributed by atoms with E-state index < -0.39 is 5.97 Å². The maximum absolute atomic E-state index is 10.3. The Bertz CT molecular complexity index is 128. The molecule has 52 valence electrons. The van der Waals surface area contributed by atoms with Gasteiger partial charge >= 0.3 is 61.0 Å². The average molecular weight is 194 g/mol. The van der Waals surface area contributed by atoms with Crippen molar-refractivity contribution in [1.29, 1.82) is 0 Å². The number of carboxylic acid groups (broad SMARTS) is 1. The molecular weight excluding hydrogens is 185 g/mol. The van der Waals surface area contributed by atoms with Crippen LogP contribution in [0, 0.1) is 0 Å². The van der Waals surface area contributed by atoms with Crippen molar-refractivity contribution in [3.05, 3.63) is 0 Å². The van der Waals surface area contributed by atoms with Gasteiger partial charge in [0.2, 0.25) is 0 Å². The van der Waals surface area contributed by atoms with Crippen LogP contribution >= 0.6 is 0 Å². The summed E-state index contributed by atoms with van der Waals surface area (Å²) in [6.07, 6.45) is 0.955. The molecule has 1 rings (SSSR count).